The smallest absolute Gasteiger partial charge is 0.313 e. The molecule has 2 aromatic rings. The molecule has 0 aliphatic rings. The Morgan fingerprint density at radius 1 is 1.24 bits per heavy atom. The van der Waals surface area contributed by atoms with Crippen molar-refractivity contribution >= 4 is 22.8 Å². The highest BCUT2D eigenvalue weighted by atomic mass is 16.2. The number of nitrogens with one attached hydrogen (secondary N) is 1. The monoisotopic (exact) mass is 232 g/mol. The van der Waals surface area contributed by atoms with Crippen molar-refractivity contribution < 1.29 is 9.59 Å². The van der Waals surface area contributed by atoms with Crippen molar-refractivity contribution in [3.8, 4) is 0 Å². The van der Waals surface area contributed by atoms with E-state index in [0.717, 1.165) is 10.9 Å². The van der Waals surface area contributed by atoms with Gasteiger partial charge in [0.2, 0.25) is 5.91 Å². The van der Waals surface area contributed by atoms with Crippen LogP contribution in [0.3, 0.4) is 0 Å². The first-order valence-corrected chi connectivity index (χ1v) is 5.00. The molecule has 0 unspecified atom stereocenters. The maximum Gasteiger partial charge on any atom is 0.313 e. The van der Waals surface area contributed by atoms with Crippen LogP contribution >= 0.6 is 0 Å². The second-order valence-electron chi connectivity index (χ2n) is 3.59. The lowest BCUT2D eigenvalue weighted by Crippen LogP contribution is -2.30. The van der Waals surface area contributed by atoms with E-state index in [1.165, 1.54) is 0 Å². The van der Waals surface area contributed by atoms with Gasteiger partial charge in [-0.3, -0.25) is 4.79 Å². The molecule has 0 atom stereocenters. The molecule has 0 radical (unpaired) electrons. The Labute approximate surface area is 97.2 Å². The summed E-state index contributed by atoms with van der Waals surface area (Å²) in [6.45, 7) is 0.251. The highest BCUT2D eigenvalue weighted by molar-refractivity contribution is 6.05. The van der Waals surface area contributed by atoms with Gasteiger partial charge in [0.1, 0.15) is 0 Å². The molecule has 6 heteroatoms. The summed E-state index contributed by atoms with van der Waals surface area (Å²) in [5, 5.41) is 3.23. The minimum Gasteiger partial charge on any atom is -0.366 e. The van der Waals surface area contributed by atoms with Crippen molar-refractivity contribution in [1.82, 2.24) is 9.88 Å². The molecule has 3 amide bonds. The molecule has 0 fully saturated rings. The molecule has 0 aliphatic heterocycles. The summed E-state index contributed by atoms with van der Waals surface area (Å²) in [5.41, 5.74) is 11.5. The van der Waals surface area contributed by atoms with Crippen LogP contribution in [0.2, 0.25) is 0 Å². The Morgan fingerprint density at radius 3 is 2.65 bits per heavy atom. The van der Waals surface area contributed by atoms with E-state index in [1.54, 1.807) is 29.0 Å². The second kappa shape index (κ2) is 4.17. The number of primary amides is 2. The lowest BCUT2D eigenvalue weighted by atomic mass is 10.1. The number of benzene rings is 1. The van der Waals surface area contributed by atoms with E-state index in [1.807, 2.05) is 6.07 Å². The third kappa shape index (κ3) is 2.05. The molecule has 0 saturated carbocycles. The Morgan fingerprint density at radius 2 is 2.00 bits per heavy atom. The fraction of sp³-hybridized carbons (Fsp3) is 0.0909. The summed E-state index contributed by atoms with van der Waals surface area (Å²) in [6, 6.07) is 6.42. The molecule has 1 aromatic heterocycles. The van der Waals surface area contributed by atoms with Gasteiger partial charge >= 0.3 is 6.03 Å². The molecule has 0 saturated heterocycles. The third-order valence-electron chi connectivity index (χ3n) is 2.50. The predicted octanol–water partition coefficient (Wildman–Crippen LogP) is 0.366. The second-order valence-corrected chi connectivity index (χ2v) is 3.59. The van der Waals surface area contributed by atoms with Crippen LogP contribution in [0, 0.1) is 0 Å². The molecular weight excluding hydrogens is 220 g/mol. The minimum atomic E-state index is -0.599. The van der Waals surface area contributed by atoms with Crippen LogP contribution < -0.4 is 16.8 Å². The number of nitrogens with zero attached hydrogens (tertiary/aromatic N) is 1. The zero-order valence-corrected chi connectivity index (χ0v) is 9.01. The SMILES string of the molecule is NC(=O)NCn1ccc2c(C(N)=O)cccc21. The first-order chi connectivity index (χ1) is 8.09. The number of carbonyl (C=O) groups is 2. The van der Waals surface area contributed by atoms with Crippen LogP contribution in [0.25, 0.3) is 10.9 Å². The van der Waals surface area contributed by atoms with Crippen molar-refractivity contribution in [1.29, 1.82) is 0 Å². The maximum atomic E-state index is 11.2. The fourth-order valence-electron chi connectivity index (χ4n) is 1.74. The topological polar surface area (TPSA) is 103 Å². The molecule has 1 heterocycles. The maximum absolute atomic E-state index is 11.2. The van der Waals surface area contributed by atoms with Gasteiger partial charge in [0.05, 0.1) is 12.2 Å². The minimum absolute atomic E-state index is 0.251. The summed E-state index contributed by atoms with van der Waals surface area (Å²) < 4.78 is 1.77. The van der Waals surface area contributed by atoms with E-state index in [-0.39, 0.29) is 6.67 Å². The number of urea groups is 1. The average molecular weight is 232 g/mol. The average Bonchev–Trinajstić information content (AvgIpc) is 2.68. The van der Waals surface area contributed by atoms with Crippen LogP contribution in [0.15, 0.2) is 30.5 Å². The molecular formula is C11H12N4O2. The Kier molecular flexibility index (Phi) is 2.70. The molecule has 0 aliphatic carbocycles. The lowest BCUT2D eigenvalue weighted by Gasteiger charge is -2.06. The number of aromatic nitrogens is 1. The number of hydrogen-bond donors (Lipinski definition) is 3. The quantitative estimate of drug-likeness (QED) is 0.711. The van der Waals surface area contributed by atoms with Crippen molar-refractivity contribution in [2.24, 2.45) is 11.5 Å². The number of rotatable bonds is 3. The number of carbonyl (C=O) groups excluding carboxylic acids is 2. The molecule has 5 N–H and O–H groups in total. The molecule has 2 rings (SSSR count). The van der Waals surface area contributed by atoms with Gasteiger partial charge in [-0.05, 0) is 18.2 Å². The number of nitrogens with two attached hydrogens (primary N) is 2. The molecule has 6 nitrogen and oxygen atoms in total. The molecule has 1 aromatic carbocycles. The normalized spacial score (nSPS) is 10.4. The summed E-state index contributed by atoms with van der Waals surface area (Å²) >= 11 is 0. The van der Waals surface area contributed by atoms with Gasteiger partial charge in [-0.25, -0.2) is 4.79 Å². The first-order valence-electron chi connectivity index (χ1n) is 5.00. The number of fused-ring (bicyclic) bond motifs is 1. The Bertz CT molecular complexity index is 588. The zero-order valence-electron chi connectivity index (χ0n) is 9.01. The lowest BCUT2D eigenvalue weighted by molar-refractivity contribution is 0.100. The van der Waals surface area contributed by atoms with Crippen LogP contribution in [0.5, 0.6) is 0 Å². The molecule has 0 bridgehead atoms. The summed E-state index contributed by atoms with van der Waals surface area (Å²) in [4.78, 5) is 21.8. The summed E-state index contributed by atoms with van der Waals surface area (Å²) in [7, 11) is 0. The standard InChI is InChI=1S/C11H12N4O2/c12-10(16)8-2-1-3-9-7(8)4-5-15(9)6-14-11(13)17/h1-5H,6H2,(H2,12,16)(H3,13,14,17). The largest absolute Gasteiger partial charge is 0.366 e. The third-order valence-corrected chi connectivity index (χ3v) is 2.50. The van der Waals surface area contributed by atoms with Crippen LogP contribution in [-0.2, 0) is 6.67 Å². The molecule has 17 heavy (non-hydrogen) atoms. The van der Waals surface area contributed by atoms with E-state index in [9.17, 15) is 9.59 Å². The number of hydrogen-bond acceptors (Lipinski definition) is 2. The van der Waals surface area contributed by atoms with Crippen molar-refractivity contribution in [3.05, 3.63) is 36.0 Å². The van der Waals surface area contributed by atoms with Gasteiger partial charge < -0.3 is 21.4 Å². The fourth-order valence-corrected chi connectivity index (χ4v) is 1.74. The van der Waals surface area contributed by atoms with E-state index < -0.39 is 11.9 Å². The molecule has 0 spiro atoms. The highest BCUT2D eigenvalue weighted by Crippen LogP contribution is 2.19. The van der Waals surface area contributed by atoms with Crippen LogP contribution in [-0.4, -0.2) is 16.5 Å². The zero-order chi connectivity index (χ0) is 12.4. The van der Waals surface area contributed by atoms with Crippen molar-refractivity contribution in [2.75, 3.05) is 0 Å². The van der Waals surface area contributed by atoms with Gasteiger partial charge in [0, 0.05) is 17.1 Å². The van der Waals surface area contributed by atoms with Crippen LogP contribution in [0.1, 0.15) is 10.4 Å². The number of amides is 3. The first kappa shape index (κ1) is 11.0. The van der Waals surface area contributed by atoms with Crippen molar-refractivity contribution in [2.45, 2.75) is 6.67 Å². The van der Waals surface area contributed by atoms with Crippen LogP contribution in [0.4, 0.5) is 4.79 Å². The van der Waals surface area contributed by atoms with Gasteiger partial charge in [0.15, 0.2) is 0 Å². The summed E-state index contributed by atoms with van der Waals surface area (Å²) in [5.74, 6) is -0.476. The van der Waals surface area contributed by atoms with Gasteiger partial charge in [-0.15, -0.1) is 0 Å². The summed E-state index contributed by atoms with van der Waals surface area (Å²) in [6.07, 6.45) is 1.76. The molecule has 88 valence electrons. The Balaban J connectivity index is 2.44. The van der Waals surface area contributed by atoms with Gasteiger partial charge in [-0.2, -0.15) is 0 Å². The van der Waals surface area contributed by atoms with Gasteiger partial charge in [-0.1, -0.05) is 6.07 Å². The predicted molar refractivity (Wildman–Crippen MR) is 63.2 cm³/mol. The van der Waals surface area contributed by atoms with Crippen molar-refractivity contribution in [3.63, 3.8) is 0 Å². The van der Waals surface area contributed by atoms with Gasteiger partial charge in [0.25, 0.3) is 0 Å². The highest BCUT2D eigenvalue weighted by Gasteiger charge is 2.09. The van der Waals surface area contributed by atoms with E-state index in [4.69, 9.17) is 11.5 Å². The van der Waals surface area contributed by atoms with E-state index in [2.05, 4.69) is 5.32 Å². The van der Waals surface area contributed by atoms with E-state index in [0.29, 0.717) is 5.56 Å². The van der Waals surface area contributed by atoms with E-state index >= 15 is 0 Å². The Hall–Kier alpha value is -2.50.